The number of hydrogen-bond donors (Lipinski definition) is 1. The van der Waals surface area contributed by atoms with Crippen molar-refractivity contribution in [1.29, 1.82) is 0 Å². The molecule has 0 aromatic heterocycles. The Morgan fingerprint density at radius 3 is 3.00 bits per heavy atom. The van der Waals surface area contributed by atoms with Crippen molar-refractivity contribution in [3.05, 3.63) is 35.1 Å². The molecule has 4 nitrogen and oxygen atoms in total. The highest BCUT2D eigenvalue weighted by molar-refractivity contribution is 5.89. The van der Waals surface area contributed by atoms with Crippen LogP contribution in [0.4, 0.5) is 4.39 Å². The lowest BCUT2D eigenvalue weighted by atomic mass is 10.1. The van der Waals surface area contributed by atoms with Crippen molar-refractivity contribution in [2.45, 2.75) is 25.4 Å². The van der Waals surface area contributed by atoms with E-state index in [1.165, 1.54) is 13.2 Å². The van der Waals surface area contributed by atoms with Crippen molar-refractivity contribution in [2.75, 3.05) is 20.3 Å². The number of esters is 1. The van der Waals surface area contributed by atoms with Crippen LogP contribution in [-0.4, -0.2) is 42.3 Å². The molecule has 0 saturated carbocycles. The minimum absolute atomic E-state index is 0.0991. The van der Waals surface area contributed by atoms with E-state index in [1.807, 2.05) is 0 Å². The molecule has 5 heteroatoms. The molecule has 1 saturated heterocycles. The first-order valence-electron chi connectivity index (χ1n) is 6.37. The summed E-state index contributed by atoms with van der Waals surface area (Å²) >= 11 is 0. The van der Waals surface area contributed by atoms with Gasteiger partial charge >= 0.3 is 5.97 Å². The monoisotopic (exact) mass is 267 g/mol. The summed E-state index contributed by atoms with van der Waals surface area (Å²) in [6, 6.07) is 4.48. The van der Waals surface area contributed by atoms with Crippen molar-refractivity contribution in [2.24, 2.45) is 0 Å². The van der Waals surface area contributed by atoms with Crippen LogP contribution in [0.1, 0.15) is 28.8 Å². The number of aliphatic hydroxyl groups excluding tert-OH is 1. The van der Waals surface area contributed by atoms with E-state index in [1.54, 1.807) is 12.1 Å². The first kappa shape index (κ1) is 14.0. The predicted octanol–water partition coefficient (Wildman–Crippen LogP) is 1.57. The maximum absolute atomic E-state index is 13.9. The zero-order valence-corrected chi connectivity index (χ0v) is 10.9. The summed E-state index contributed by atoms with van der Waals surface area (Å²) in [6.07, 6.45) is 1.96. The van der Waals surface area contributed by atoms with Crippen LogP contribution in [0.3, 0.4) is 0 Å². The fourth-order valence-electron chi connectivity index (χ4n) is 2.45. The average Bonchev–Trinajstić information content (AvgIpc) is 2.87. The van der Waals surface area contributed by atoms with Gasteiger partial charge in [0.2, 0.25) is 0 Å². The Bertz CT molecular complexity index is 464. The summed E-state index contributed by atoms with van der Waals surface area (Å²) in [5.74, 6) is -0.952. The first-order chi connectivity index (χ1) is 9.15. The molecule has 1 N–H and O–H groups in total. The van der Waals surface area contributed by atoms with Crippen molar-refractivity contribution < 1.29 is 19.0 Å². The molecule has 0 aliphatic carbocycles. The van der Waals surface area contributed by atoms with Gasteiger partial charge in [-0.15, -0.1) is 0 Å². The molecule has 0 spiro atoms. The number of nitrogens with zero attached hydrogens (tertiary/aromatic N) is 1. The maximum Gasteiger partial charge on any atom is 0.337 e. The molecule has 104 valence electrons. The molecule has 1 aromatic carbocycles. The van der Waals surface area contributed by atoms with E-state index in [4.69, 9.17) is 0 Å². The minimum Gasteiger partial charge on any atom is -0.465 e. The van der Waals surface area contributed by atoms with Gasteiger partial charge in [-0.25, -0.2) is 9.18 Å². The van der Waals surface area contributed by atoms with Crippen LogP contribution >= 0.6 is 0 Å². The lowest BCUT2D eigenvalue weighted by molar-refractivity contribution is 0.0600. The molecule has 1 aliphatic rings. The summed E-state index contributed by atoms with van der Waals surface area (Å²) < 4.78 is 18.5. The standard InChI is InChI=1S/C14H18FNO3/c1-19-14(18)10-4-5-11(13(15)7-10)8-16-6-2-3-12(16)9-17/h4-5,7,12,17H,2-3,6,8-9H2,1H3/t12-/m1/s1. The van der Waals surface area contributed by atoms with Crippen molar-refractivity contribution in [3.8, 4) is 0 Å². The summed E-state index contributed by atoms with van der Waals surface area (Å²) in [5, 5.41) is 9.24. The van der Waals surface area contributed by atoms with E-state index < -0.39 is 11.8 Å². The Morgan fingerprint density at radius 2 is 2.37 bits per heavy atom. The largest absolute Gasteiger partial charge is 0.465 e. The zero-order valence-electron chi connectivity index (χ0n) is 10.9. The maximum atomic E-state index is 13.9. The van der Waals surface area contributed by atoms with E-state index >= 15 is 0 Å². The highest BCUT2D eigenvalue weighted by atomic mass is 19.1. The molecule has 1 fully saturated rings. The lowest BCUT2D eigenvalue weighted by Gasteiger charge is -2.22. The number of ether oxygens (including phenoxy) is 1. The van der Waals surface area contributed by atoms with E-state index in [2.05, 4.69) is 9.64 Å². The number of likely N-dealkylation sites (tertiary alicyclic amines) is 1. The molecule has 1 aromatic rings. The zero-order chi connectivity index (χ0) is 13.8. The van der Waals surface area contributed by atoms with Crippen LogP contribution in [0.15, 0.2) is 18.2 Å². The molecule has 1 atom stereocenters. The SMILES string of the molecule is COC(=O)c1ccc(CN2CCC[C@@H]2CO)c(F)c1. The van der Waals surface area contributed by atoms with Crippen molar-refractivity contribution >= 4 is 5.97 Å². The molecule has 0 amide bonds. The van der Waals surface area contributed by atoms with Gasteiger partial charge < -0.3 is 9.84 Å². The Hall–Kier alpha value is -1.46. The van der Waals surface area contributed by atoms with Gasteiger partial charge in [-0.2, -0.15) is 0 Å². The average molecular weight is 267 g/mol. The number of halogens is 1. The molecule has 1 heterocycles. The quantitative estimate of drug-likeness (QED) is 0.841. The molecule has 1 aliphatic heterocycles. The number of rotatable bonds is 4. The number of benzene rings is 1. The first-order valence-corrected chi connectivity index (χ1v) is 6.37. The van der Waals surface area contributed by atoms with Gasteiger partial charge in [0.25, 0.3) is 0 Å². The lowest BCUT2D eigenvalue weighted by Crippen LogP contribution is -2.31. The Balaban J connectivity index is 2.11. The molecule has 2 rings (SSSR count). The number of carbonyl (C=O) groups is 1. The Kier molecular flexibility index (Phi) is 4.50. The normalized spacial score (nSPS) is 19.6. The highest BCUT2D eigenvalue weighted by Crippen LogP contribution is 2.21. The number of aliphatic hydroxyl groups is 1. The Labute approximate surface area is 111 Å². The number of carbonyl (C=O) groups excluding carboxylic acids is 1. The second-order valence-electron chi connectivity index (χ2n) is 4.75. The smallest absolute Gasteiger partial charge is 0.337 e. The summed E-state index contributed by atoms with van der Waals surface area (Å²) in [7, 11) is 1.27. The third-order valence-corrected chi connectivity index (χ3v) is 3.56. The topological polar surface area (TPSA) is 49.8 Å². The summed E-state index contributed by atoms with van der Waals surface area (Å²) in [4.78, 5) is 13.4. The van der Waals surface area contributed by atoms with E-state index in [0.717, 1.165) is 19.4 Å². The molecular weight excluding hydrogens is 249 g/mol. The molecule has 0 radical (unpaired) electrons. The van der Waals surface area contributed by atoms with Gasteiger partial charge in [0.05, 0.1) is 19.3 Å². The van der Waals surface area contributed by atoms with Crippen LogP contribution in [0.5, 0.6) is 0 Å². The van der Waals surface area contributed by atoms with Gasteiger partial charge in [0.1, 0.15) is 5.82 Å². The van der Waals surface area contributed by atoms with Crippen LogP contribution < -0.4 is 0 Å². The Morgan fingerprint density at radius 1 is 1.58 bits per heavy atom. The van der Waals surface area contributed by atoms with E-state index in [-0.39, 0.29) is 18.2 Å². The second kappa shape index (κ2) is 6.12. The van der Waals surface area contributed by atoms with Gasteiger partial charge in [-0.05, 0) is 31.5 Å². The van der Waals surface area contributed by atoms with Gasteiger partial charge in [0, 0.05) is 18.2 Å². The van der Waals surface area contributed by atoms with Crippen molar-refractivity contribution in [1.82, 2.24) is 4.90 Å². The second-order valence-corrected chi connectivity index (χ2v) is 4.75. The van der Waals surface area contributed by atoms with Crippen LogP contribution in [-0.2, 0) is 11.3 Å². The van der Waals surface area contributed by atoms with Crippen molar-refractivity contribution in [3.63, 3.8) is 0 Å². The summed E-state index contributed by atoms with van der Waals surface area (Å²) in [6.45, 7) is 1.42. The van der Waals surface area contributed by atoms with E-state index in [0.29, 0.717) is 12.1 Å². The third-order valence-electron chi connectivity index (χ3n) is 3.56. The number of methoxy groups -OCH3 is 1. The van der Waals surface area contributed by atoms with Crippen LogP contribution in [0.25, 0.3) is 0 Å². The van der Waals surface area contributed by atoms with E-state index in [9.17, 15) is 14.3 Å². The predicted molar refractivity (Wildman–Crippen MR) is 68.3 cm³/mol. The van der Waals surface area contributed by atoms with Crippen LogP contribution in [0.2, 0.25) is 0 Å². The molecule has 0 bridgehead atoms. The fourth-order valence-corrected chi connectivity index (χ4v) is 2.45. The van der Waals surface area contributed by atoms with Gasteiger partial charge in [-0.3, -0.25) is 4.90 Å². The summed E-state index contributed by atoms with van der Waals surface area (Å²) in [5.41, 5.74) is 0.747. The highest BCUT2D eigenvalue weighted by Gasteiger charge is 2.24. The molecular formula is C14H18FNO3. The van der Waals surface area contributed by atoms with Gasteiger partial charge in [0.15, 0.2) is 0 Å². The fraction of sp³-hybridized carbons (Fsp3) is 0.500. The minimum atomic E-state index is -0.542. The molecule has 0 unspecified atom stereocenters. The third kappa shape index (κ3) is 3.11. The van der Waals surface area contributed by atoms with Gasteiger partial charge in [-0.1, -0.05) is 6.07 Å². The molecule has 19 heavy (non-hydrogen) atoms. The van der Waals surface area contributed by atoms with Crippen LogP contribution in [0, 0.1) is 5.82 Å². The number of hydrogen-bond acceptors (Lipinski definition) is 4.